The lowest BCUT2D eigenvalue weighted by atomic mass is 10.2. The van der Waals surface area contributed by atoms with Crippen LogP contribution in [0.1, 0.15) is 35.8 Å². The molecule has 0 aliphatic heterocycles. The third kappa shape index (κ3) is 3.26. The Labute approximate surface area is 126 Å². The van der Waals surface area contributed by atoms with Gasteiger partial charge in [-0.3, -0.25) is 10.1 Å². The molecule has 0 fully saturated rings. The van der Waals surface area contributed by atoms with E-state index in [1.165, 1.54) is 17.5 Å². The zero-order chi connectivity index (χ0) is 14.7. The Hall–Kier alpha value is -1.66. The third-order valence-corrected chi connectivity index (χ3v) is 3.77. The van der Waals surface area contributed by atoms with E-state index in [0.717, 1.165) is 5.69 Å². The summed E-state index contributed by atoms with van der Waals surface area (Å²) in [7, 11) is 1.73. The summed E-state index contributed by atoms with van der Waals surface area (Å²) >= 11 is 7.40. The van der Waals surface area contributed by atoms with Gasteiger partial charge in [-0.1, -0.05) is 25.4 Å². The summed E-state index contributed by atoms with van der Waals surface area (Å²) in [4.78, 5) is 20.6. The predicted molar refractivity (Wildman–Crippen MR) is 82.9 cm³/mol. The van der Waals surface area contributed by atoms with Crippen LogP contribution in [0.25, 0.3) is 0 Å². The van der Waals surface area contributed by atoms with Crippen LogP contribution in [0.4, 0.5) is 10.9 Å². The third-order valence-electron chi connectivity index (χ3n) is 2.69. The van der Waals surface area contributed by atoms with E-state index >= 15 is 0 Å². The minimum Gasteiger partial charge on any atom is -0.373 e. The smallest absolute Gasteiger partial charge is 0.259 e. The molecule has 0 bridgehead atoms. The highest BCUT2D eigenvalue weighted by atomic mass is 35.5. The van der Waals surface area contributed by atoms with Crippen molar-refractivity contribution in [1.29, 1.82) is 0 Å². The molecule has 0 radical (unpaired) electrons. The monoisotopic (exact) mass is 310 g/mol. The fourth-order valence-corrected chi connectivity index (χ4v) is 2.58. The number of hydrogen-bond donors (Lipinski definition) is 2. The van der Waals surface area contributed by atoms with Crippen LogP contribution >= 0.6 is 22.9 Å². The van der Waals surface area contributed by atoms with E-state index < -0.39 is 0 Å². The Morgan fingerprint density at radius 1 is 1.45 bits per heavy atom. The van der Waals surface area contributed by atoms with Crippen LogP contribution in [0.5, 0.6) is 0 Å². The van der Waals surface area contributed by atoms with Gasteiger partial charge in [-0.2, -0.15) is 0 Å². The summed E-state index contributed by atoms with van der Waals surface area (Å²) in [6, 6.07) is 1.61. The fraction of sp³-hybridized carbons (Fsp3) is 0.308. The number of amides is 1. The SMILES string of the molecule is CNc1cc(C(=O)Nc2nc(C(C)C)cs2)c(Cl)cn1. The van der Waals surface area contributed by atoms with Crippen molar-refractivity contribution in [3.8, 4) is 0 Å². The Morgan fingerprint density at radius 3 is 2.80 bits per heavy atom. The van der Waals surface area contributed by atoms with E-state index in [4.69, 9.17) is 11.6 Å². The Kier molecular flexibility index (Phi) is 4.57. The molecule has 7 heteroatoms. The number of carbonyl (C=O) groups is 1. The van der Waals surface area contributed by atoms with Crippen molar-refractivity contribution in [2.75, 3.05) is 17.7 Å². The maximum atomic E-state index is 12.2. The Bertz CT molecular complexity index is 627. The van der Waals surface area contributed by atoms with Crippen LogP contribution in [0.15, 0.2) is 17.6 Å². The number of hydrogen-bond acceptors (Lipinski definition) is 5. The highest BCUT2D eigenvalue weighted by Gasteiger charge is 2.14. The van der Waals surface area contributed by atoms with Crippen molar-refractivity contribution < 1.29 is 4.79 Å². The second-order valence-corrected chi connectivity index (χ2v) is 5.75. The average Bonchev–Trinajstić information content (AvgIpc) is 2.88. The molecule has 0 saturated heterocycles. The summed E-state index contributed by atoms with van der Waals surface area (Å²) in [5.41, 5.74) is 1.33. The number of pyridine rings is 1. The van der Waals surface area contributed by atoms with Crippen LogP contribution < -0.4 is 10.6 Å². The highest BCUT2D eigenvalue weighted by Crippen LogP contribution is 2.23. The first kappa shape index (κ1) is 14.7. The van der Waals surface area contributed by atoms with Gasteiger partial charge in [0.05, 0.1) is 16.3 Å². The number of nitrogens with one attached hydrogen (secondary N) is 2. The van der Waals surface area contributed by atoms with E-state index in [2.05, 4.69) is 34.4 Å². The fourth-order valence-electron chi connectivity index (χ4n) is 1.52. The van der Waals surface area contributed by atoms with Crippen molar-refractivity contribution in [3.05, 3.63) is 33.9 Å². The largest absolute Gasteiger partial charge is 0.373 e. The lowest BCUT2D eigenvalue weighted by molar-refractivity contribution is 0.102. The van der Waals surface area contributed by atoms with Gasteiger partial charge >= 0.3 is 0 Å². The number of anilines is 2. The van der Waals surface area contributed by atoms with E-state index in [1.807, 2.05) is 5.38 Å². The summed E-state index contributed by atoms with van der Waals surface area (Å²) < 4.78 is 0. The molecule has 1 amide bonds. The first-order valence-electron chi connectivity index (χ1n) is 6.11. The molecule has 0 aliphatic rings. The number of thiazole rings is 1. The molecular weight excluding hydrogens is 296 g/mol. The van der Waals surface area contributed by atoms with Crippen molar-refractivity contribution in [3.63, 3.8) is 0 Å². The molecule has 106 valence electrons. The summed E-state index contributed by atoms with van der Waals surface area (Å²) in [5, 5.41) is 8.44. The summed E-state index contributed by atoms with van der Waals surface area (Å²) in [6.07, 6.45) is 1.45. The number of aromatic nitrogens is 2. The van der Waals surface area contributed by atoms with Crippen LogP contribution in [-0.4, -0.2) is 22.9 Å². The van der Waals surface area contributed by atoms with Crippen molar-refractivity contribution >= 4 is 39.8 Å². The standard InChI is InChI=1S/C13H15ClN4OS/c1-7(2)10-6-20-13(17-10)18-12(19)8-4-11(15-3)16-5-9(8)14/h4-7H,1-3H3,(H,15,16)(H,17,18,19). The van der Waals surface area contributed by atoms with Gasteiger partial charge in [-0.15, -0.1) is 11.3 Å². The van der Waals surface area contributed by atoms with Gasteiger partial charge < -0.3 is 5.32 Å². The molecular formula is C13H15ClN4OS. The molecule has 20 heavy (non-hydrogen) atoms. The lowest BCUT2D eigenvalue weighted by Gasteiger charge is -2.06. The molecule has 2 rings (SSSR count). The molecule has 0 aromatic carbocycles. The van der Waals surface area contributed by atoms with Gasteiger partial charge in [0, 0.05) is 18.6 Å². The molecule has 0 aliphatic carbocycles. The number of nitrogens with zero attached hydrogens (tertiary/aromatic N) is 2. The molecule has 2 N–H and O–H groups in total. The molecule has 2 aromatic rings. The topological polar surface area (TPSA) is 66.9 Å². The summed E-state index contributed by atoms with van der Waals surface area (Å²) in [6.45, 7) is 4.11. The van der Waals surface area contributed by atoms with Gasteiger partial charge in [0.2, 0.25) is 0 Å². The van der Waals surface area contributed by atoms with Crippen molar-refractivity contribution in [2.24, 2.45) is 0 Å². The average molecular weight is 311 g/mol. The van der Waals surface area contributed by atoms with Crippen LogP contribution in [-0.2, 0) is 0 Å². The van der Waals surface area contributed by atoms with Gasteiger partial charge in [0.1, 0.15) is 5.82 Å². The second kappa shape index (κ2) is 6.19. The quantitative estimate of drug-likeness (QED) is 0.905. The zero-order valence-electron chi connectivity index (χ0n) is 11.4. The maximum absolute atomic E-state index is 12.2. The van der Waals surface area contributed by atoms with Crippen molar-refractivity contribution in [2.45, 2.75) is 19.8 Å². The van der Waals surface area contributed by atoms with Crippen LogP contribution in [0.2, 0.25) is 5.02 Å². The molecule has 0 spiro atoms. The first-order chi connectivity index (χ1) is 9.51. The Balaban J connectivity index is 2.19. The minimum atomic E-state index is -0.293. The van der Waals surface area contributed by atoms with Gasteiger partial charge in [0.25, 0.3) is 5.91 Å². The normalized spacial score (nSPS) is 10.7. The molecule has 0 atom stereocenters. The zero-order valence-corrected chi connectivity index (χ0v) is 13.0. The van der Waals surface area contributed by atoms with E-state index in [-0.39, 0.29) is 5.91 Å². The lowest BCUT2D eigenvalue weighted by Crippen LogP contribution is -2.13. The second-order valence-electron chi connectivity index (χ2n) is 4.49. The minimum absolute atomic E-state index is 0.293. The van der Waals surface area contributed by atoms with Crippen molar-refractivity contribution in [1.82, 2.24) is 9.97 Å². The van der Waals surface area contributed by atoms with Gasteiger partial charge in [-0.05, 0) is 12.0 Å². The van der Waals surface area contributed by atoms with Crippen LogP contribution in [0, 0.1) is 0 Å². The highest BCUT2D eigenvalue weighted by molar-refractivity contribution is 7.14. The molecule has 0 unspecified atom stereocenters. The molecule has 0 saturated carbocycles. The molecule has 2 aromatic heterocycles. The molecule has 2 heterocycles. The molecule has 5 nitrogen and oxygen atoms in total. The van der Waals surface area contributed by atoms with E-state index in [0.29, 0.717) is 27.5 Å². The van der Waals surface area contributed by atoms with Gasteiger partial charge in [0.15, 0.2) is 5.13 Å². The predicted octanol–water partition coefficient (Wildman–Crippen LogP) is 3.61. The number of carbonyl (C=O) groups excluding carboxylic acids is 1. The number of rotatable bonds is 4. The maximum Gasteiger partial charge on any atom is 0.259 e. The first-order valence-corrected chi connectivity index (χ1v) is 7.37. The number of halogens is 1. The van der Waals surface area contributed by atoms with Crippen LogP contribution in [0.3, 0.4) is 0 Å². The Morgan fingerprint density at radius 2 is 2.20 bits per heavy atom. The summed E-state index contributed by atoms with van der Waals surface area (Å²) in [5.74, 6) is 0.623. The van der Waals surface area contributed by atoms with E-state index in [9.17, 15) is 4.79 Å². The van der Waals surface area contributed by atoms with Gasteiger partial charge in [-0.25, -0.2) is 9.97 Å². The van der Waals surface area contributed by atoms with E-state index in [1.54, 1.807) is 13.1 Å².